The molecule has 0 spiro atoms. The molecule has 0 aliphatic heterocycles. The second-order valence-electron chi connectivity index (χ2n) is 7.99. The molecule has 1 aromatic carbocycles. The van der Waals surface area contributed by atoms with Crippen molar-refractivity contribution >= 4 is 17.5 Å². The highest BCUT2D eigenvalue weighted by atomic mass is 35.5. The first-order chi connectivity index (χ1) is 11.0. The van der Waals surface area contributed by atoms with Crippen LogP contribution in [-0.4, -0.2) is 23.9 Å². The summed E-state index contributed by atoms with van der Waals surface area (Å²) in [7, 11) is 0. The van der Waals surface area contributed by atoms with E-state index in [1.807, 2.05) is 30.3 Å². The molecule has 0 heterocycles. The second-order valence-corrected chi connectivity index (χ2v) is 8.79. The Morgan fingerprint density at radius 1 is 1.17 bits per heavy atom. The molecule has 2 atom stereocenters. The van der Waals surface area contributed by atoms with Gasteiger partial charge in [-0.15, -0.1) is 11.6 Å². The number of ether oxygens (including phenoxy) is 1. The average molecular weight is 334 g/mol. The quantitative estimate of drug-likeness (QED) is 0.833. The molecule has 2 unspecified atom stereocenters. The first kappa shape index (κ1) is 15.3. The van der Waals surface area contributed by atoms with Crippen LogP contribution in [0.5, 0.6) is 5.75 Å². The van der Waals surface area contributed by atoms with E-state index in [2.05, 4.69) is 5.32 Å². The number of rotatable bonds is 5. The molecule has 4 aliphatic carbocycles. The zero-order valence-corrected chi connectivity index (χ0v) is 14.1. The van der Waals surface area contributed by atoms with Crippen LogP contribution in [0.25, 0.3) is 0 Å². The molecule has 1 amide bonds. The molecule has 4 bridgehead atoms. The number of nitrogens with one attached hydrogen (secondary N) is 1. The predicted molar refractivity (Wildman–Crippen MR) is 90.6 cm³/mol. The fraction of sp³-hybridized carbons (Fsp3) is 0.632. The van der Waals surface area contributed by atoms with E-state index in [-0.39, 0.29) is 22.8 Å². The minimum absolute atomic E-state index is 0.00928. The van der Waals surface area contributed by atoms with Gasteiger partial charge in [0.05, 0.1) is 0 Å². The van der Waals surface area contributed by atoms with E-state index < -0.39 is 0 Å². The Morgan fingerprint density at radius 2 is 1.87 bits per heavy atom. The topological polar surface area (TPSA) is 38.3 Å². The van der Waals surface area contributed by atoms with Gasteiger partial charge in [0.1, 0.15) is 5.75 Å². The maximum absolute atomic E-state index is 12.1. The normalized spacial score (nSPS) is 37.6. The number of alkyl halides is 1. The van der Waals surface area contributed by atoms with Crippen LogP contribution < -0.4 is 10.1 Å². The number of halogens is 1. The highest BCUT2D eigenvalue weighted by Crippen LogP contribution is 2.63. The Morgan fingerprint density at radius 3 is 2.52 bits per heavy atom. The van der Waals surface area contributed by atoms with Crippen LogP contribution in [0.4, 0.5) is 0 Å². The SMILES string of the molecule is O=C(COc1ccccc1)NCC12CC3CC(CC(Cl)(C3)C1)C2. The lowest BCUT2D eigenvalue weighted by Gasteiger charge is -2.60. The molecular weight excluding hydrogens is 310 g/mol. The monoisotopic (exact) mass is 333 g/mol. The van der Waals surface area contributed by atoms with Crippen molar-refractivity contribution < 1.29 is 9.53 Å². The number of hydrogen-bond acceptors (Lipinski definition) is 2. The summed E-state index contributed by atoms with van der Waals surface area (Å²) >= 11 is 6.84. The van der Waals surface area contributed by atoms with E-state index in [1.165, 1.54) is 32.1 Å². The van der Waals surface area contributed by atoms with Gasteiger partial charge in [-0.3, -0.25) is 4.79 Å². The summed E-state index contributed by atoms with van der Waals surface area (Å²) in [6, 6.07) is 9.47. The van der Waals surface area contributed by atoms with E-state index >= 15 is 0 Å². The molecule has 5 rings (SSSR count). The molecule has 1 N–H and O–H groups in total. The predicted octanol–water partition coefficient (Wildman–Crippen LogP) is 3.76. The summed E-state index contributed by atoms with van der Waals surface area (Å²) in [6.07, 6.45) is 7.24. The van der Waals surface area contributed by atoms with Crippen LogP contribution in [0.3, 0.4) is 0 Å². The molecular formula is C19H24ClNO2. The number of amides is 1. The molecule has 4 heteroatoms. The highest BCUT2D eigenvalue weighted by molar-refractivity contribution is 6.24. The third kappa shape index (κ3) is 3.21. The first-order valence-electron chi connectivity index (χ1n) is 8.68. The number of carbonyl (C=O) groups excluding carboxylic acids is 1. The standard InChI is InChI=1S/C19H24ClNO2/c20-19-9-14-6-15(10-19)8-18(7-14,12-19)13-21-17(22)11-23-16-4-2-1-3-5-16/h1-5,14-15H,6-13H2,(H,21,22). The lowest BCUT2D eigenvalue weighted by Crippen LogP contribution is -2.56. The van der Waals surface area contributed by atoms with Crippen molar-refractivity contribution in [3.05, 3.63) is 30.3 Å². The third-order valence-electron chi connectivity index (χ3n) is 5.88. The van der Waals surface area contributed by atoms with Gasteiger partial charge in [-0.25, -0.2) is 0 Å². The van der Waals surface area contributed by atoms with Gasteiger partial charge in [0.2, 0.25) is 0 Å². The van der Waals surface area contributed by atoms with Crippen LogP contribution in [0.2, 0.25) is 0 Å². The van der Waals surface area contributed by atoms with Gasteiger partial charge in [0.25, 0.3) is 5.91 Å². The molecule has 0 aromatic heterocycles. The van der Waals surface area contributed by atoms with Crippen molar-refractivity contribution in [3.63, 3.8) is 0 Å². The van der Waals surface area contributed by atoms with Crippen LogP contribution in [0.15, 0.2) is 30.3 Å². The number of benzene rings is 1. The molecule has 0 saturated heterocycles. The summed E-state index contributed by atoms with van der Waals surface area (Å²) in [5.41, 5.74) is 0.230. The van der Waals surface area contributed by atoms with Crippen molar-refractivity contribution in [1.29, 1.82) is 0 Å². The van der Waals surface area contributed by atoms with Crippen molar-refractivity contribution in [1.82, 2.24) is 5.32 Å². The Bertz CT molecular complexity index is 574. The molecule has 4 saturated carbocycles. The van der Waals surface area contributed by atoms with E-state index in [0.29, 0.717) is 0 Å². The van der Waals surface area contributed by atoms with Gasteiger partial charge in [0.15, 0.2) is 6.61 Å². The molecule has 4 aliphatic rings. The Hall–Kier alpha value is -1.22. The first-order valence-corrected chi connectivity index (χ1v) is 9.06. The Labute approximate surface area is 142 Å². The molecule has 23 heavy (non-hydrogen) atoms. The summed E-state index contributed by atoms with van der Waals surface area (Å²) in [6.45, 7) is 0.838. The number of hydrogen-bond donors (Lipinski definition) is 1. The molecule has 0 radical (unpaired) electrons. The van der Waals surface area contributed by atoms with Crippen LogP contribution >= 0.6 is 11.6 Å². The maximum Gasteiger partial charge on any atom is 0.257 e. The Balaban J connectivity index is 1.31. The fourth-order valence-corrected chi connectivity index (χ4v) is 6.27. The molecule has 1 aromatic rings. The maximum atomic E-state index is 12.1. The number of carbonyl (C=O) groups is 1. The van der Waals surface area contributed by atoms with Gasteiger partial charge in [-0.05, 0) is 67.9 Å². The van der Waals surface area contributed by atoms with Gasteiger partial charge < -0.3 is 10.1 Å². The van der Waals surface area contributed by atoms with E-state index in [0.717, 1.165) is 30.6 Å². The van der Waals surface area contributed by atoms with Crippen molar-refractivity contribution in [2.24, 2.45) is 17.3 Å². The zero-order valence-electron chi connectivity index (χ0n) is 13.4. The van der Waals surface area contributed by atoms with Crippen LogP contribution in [0, 0.1) is 17.3 Å². The molecule has 4 fully saturated rings. The van der Waals surface area contributed by atoms with E-state index in [1.54, 1.807) is 0 Å². The van der Waals surface area contributed by atoms with Crippen molar-refractivity contribution in [3.8, 4) is 5.75 Å². The van der Waals surface area contributed by atoms with Crippen LogP contribution in [-0.2, 0) is 4.79 Å². The number of para-hydroxylation sites is 1. The molecule has 3 nitrogen and oxygen atoms in total. The summed E-state index contributed by atoms with van der Waals surface area (Å²) < 4.78 is 5.52. The molecule has 124 valence electrons. The van der Waals surface area contributed by atoms with E-state index in [9.17, 15) is 4.79 Å². The summed E-state index contributed by atoms with van der Waals surface area (Å²) in [5, 5.41) is 3.10. The van der Waals surface area contributed by atoms with Crippen LogP contribution in [0.1, 0.15) is 38.5 Å². The average Bonchev–Trinajstić information content (AvgIpc) is 2.50. The smallest absolute Gasteiger partial charge is 0.257 e. The summed E-state index contributed by atoms with van der Waals surface area (Å²) in [4.78, 5) is 12.1. The lowest BCUT2D eigenvalue weighted by molar-refractivity contribution is -0.125. The van der Waals surface area contributed by atoms with Crippen molar-refractivity contribution in [2.45, 2.75) is 43.4 Å². The zero-order chi connectivity index (χ0) is 15.9. The highest BCUT2D eigenvalue weighted by Gasteiger charge is 2.56. The fourth-order valence-electron chi connectivity index (χ4n) is 5.55. The minimum Gasteiger partial charge on any atom is -0.484 e. The van der Waals surface area contributed by atoms with Crippen molar-refractivity contribution in [2.75, 3.05) is 13.2 Å². The summed E-state index contributed by atoms with van der Waals surface area (Å²) in [5.74, 6) is 2.24. The third-order valence-corrected chi connectivity index (χ3v) is 6.33. The Kier molecular flexibility index (Phi) is 3.79. The lowest BCUT2D eigenvalue weighted by atomic mass is 9.49. The van der Waals surface area contributed by atoms with Gasteiger partial charge >= 0.3 is 0 Å². The van der Waals surface area contributed by atoms with Gasteiger partial charge in [-0.1, -0.05) is 18.2 Å². The minimum atomic E-state index is -0.0341. The van der Waals surface area contributed by atoms with Gasteiger partial charge in [-0.2, -0.15) is 0 Å². The van der Waals surface area contributed by atoms with E-state index in [4.69, 9.17) is 16.3 Å². The second kappa shape index (κ2) is 5.70. The van der Waals surface area contributed by atoms with Gasteiger partial charge in [0, 0.05) is 11.4 Å². The largest absolute Gasteiger partial charge is 0.484 e.